The first-order valence-electron chi connectivity index (χ1n) is 8.14. The molecule has 7 heteroatoms. The van der Waals surface area contributed by atoms with Gasteiger partial charge >= 0.3 is 0 Å². The van der Waals surface area contributed by atoms with Crippen molar-refractivity contribution in [2.45, 2.75) is 39.3 Å². The number of nitro benzene ring substituents is 1. The third kappa shape index (κ3) is 3.35. The molecule has 0 saturated carbocycles. The third-order valence-electron chi connectivity index (χ3n) is 4.27. The standard InChI is InChI=1S/C17H20N4O3/c1-2-5-16-18-14-11-20(9-8-13(14)17(22)19-16)10-12-6-3-4-7-15(12)21(23)24/h3-4,6-7H,2,5,8-11H2,1H3,(H,18,19,22). The summed E-state index contributed by atoms with van der Waals surface area (Å²) < 4.78 is 0. The second-order valence-electron chi connectivity index (χ2n) is 6.03. The van der Waals surface area contributed by atoms with Crippen LogP contribution in [0.5, 0.6) is 0 Å². The molecule has 0 atom stereocenters. The van der Waals surface area contributed by atoms with Crippen LogP contribution in [-0.2, 0) is 25.9 Å². The maximum Gasteiger partial charge on any atom is 0.273 e. The number of fused-ring (bicyclic) bond motifs is 1. The van der Waals surface area contributed by atoms with E-state index in [9.17, 15) is 14.9 Å². The second-order valence-corrected chi connectivity index (χ2v) is 6.03. The van der Waals surface area contributed by atoms with Crippen LogP contribution < -0.4 is 5.56 Å². The van der Waals surface area contributed by atoms with Gasteiger partial charge in [0.25, 0.3) is 11.2 Å². The number of nitrogens with one attached hydrogen (secondary N) is 1. The first-order valence-corrected chi connectivity index (χ1v) is 8.14. The van der Waals surface area contributed by atoms with Crippen molar-refractivity contribution in [3.05, 3.63) is 67.4 Å². The largest absolute Gasteiger partial charge is 0.310 e. The van der Waals surface area contributed by atoms with E-state index in [1.165, 1.54) is 6.07 Å². The first-order chi connectivity index (χ1) is 11.6. The number of nitrogens with zero attached hydrogens (tertiary/aromatic N) is 3. The highest BCUT2D eigenvalue weighted by atomic mass is 16.6. The van der Waals surface area contributed by atoms with Crippen LogP contribution >= 0.6 is 0 Å². The molecule has 1 aliphatic rings. The van der Waals surface area contributed by atoms with E-state index >= 15 is 0 Å². The second kappa shape index (κ2) is 6.92. The van der Waals surface area contributed by atoms with Gasteiger partial charge in [-0.05, 0) is 12.8 Å². The summed E-state index contributed by atoms with van der Waals surface area (Å²) in [5, 5.41) is 11.2. The van der Waals surface area contributed by atoms with Crippen molar-refractivity contribution >= 4 is 5.69 Å². The highest BCUT2D eigenvalue weighted by Gasteiger charge is 2.23. The molecule has 0 fully saturated rings. The van der Waals surface area contributed by atoms with E-state index in [-0.39, 0.29) is 16.2 Å². The van der Waals surface area contributed by atoms with Crippen LogP contribution in [0.25, 0.3) is 0 Å². The highest BCUT2D eigenvalue weighted by molar-refractivity contribution is 5.39. The van der Waals surface area contributed by atoms with E-state index in [1.807, 2.05) is 13.0 Å². The summed E-state index contributed by atoms with van der Waals surface area (Å²) in [4.78, 5) is 32.5. The fourth-order valence-electron chi connectivity index (χ4n) is 3.10. The average Bonchev–Trinajstić information content (AvgIpc) is 2.55. The average molecular weight is 328 g/mol. The third-order valence-corrected chi connectivity index (χ3v) is 4.27. The Hall–Kier alpha value is -2.54. The Kier molecular flexibility index (Phi) is 4.71. The van der Waals surface area contributed by atoms with Crippen LogP contribution in [-0.4, -0.2) is 26.3 Å². The molecule has 2 aromatic rings. The monoisotopic (exact) mass is 328 g/mol. The predicted molar refractivity (Wildman–Crippen MR) is 89.8 cm³/mol. The number of aromatic nitrogens is 2. The lowest BCUT2D eigenvalue weighted by atomic mass is 10.0. The van der Waals surface area contributed by atoms with Crippen molar-refractivity contribution in [2.75, 3.05) is 6.54 Å². The lowest BCUT2D eigenvalue weighted by Gasteiger charge is -2.27. The number of aromatic amines is 1. The topological polar surface area (TPSA) is 92.1 Å². The fraction of sp³-hybridized carbons (Fsp3) is 0.412. The van der Waals surface area contributed by atoms with Gasteiger partial charge in [-0.3, -0.25) is 19.8 Å². The van der Waals surface area contributed by atoms with Crippen molar-refractivity contribution in [2.24, 2.45) is 0 Å². The summed E-state index contributed by atoms with van der Waals surface area (Å²) in [6.45, 7) is 3.76. The van der Waals surface area contributed by atoms with E-state index in [0.29, 0.717) is 37.4 Å². The maximum atomic E-state index is 12.2. The Morgan fingerprint density at radius 1 is 1.38 bits per heavy atom. The zero-order chi connectivity index (χ0) is 17.1. The molecule has 1 aromatic heterocycles. The molecule has 0 spiro atoms. The summed E-state index contributed by atoms with van der Waals surface area (Å²) >= 11 is 0. The van der Waals surface area contributed by atoms with Crippen molar-refractivity contribution in [3.8, 4) is 0 Å². The Bertz CT molecular complexity index is 816. The number of para-hydroxylation sites is 1. The first kappa shape index (κ1) is 16.3. The zero-order valence-corrected chi connectivity index (χ0v) is 13.6. The van der Waals surface area contributed by atoms with Gasteiger partial charge in [0, 0.05) is 43.2 Å². The molecule has 2 heterocycles. The summed E-state index contributed by atoms with van der Waals surface area (Å²) in [6.07, 6.45) is 2.28. The quantitative estimate of drug-likeness (QED) is 0.671. The van der Waals surface area contributed by atoms with Gasteiger partial charge in [-0.15, -0.1) is 0 Å². The van der Waals surface area contributed by atoms with Crippen LogP contribution in [0.3, 0.4) is 0 Å². The number of H-pyrrole nitrogens is 1. The molecule has 126 valence electrons. The molecule has 0 saturated heterocycles. The van der Waals surface area contributed by atoms with Crippen LogP contribution in [0.1, 0.15) is 36.0 Å². The molecule has 0 unspecified atom stereocenters. The molecule has 0 bridgehead atoms. The van der Waals surface area contributed by atoms with Crippen molar-refractivity contribution in [3.63, 3.8) is 0 Å². The zero-order valence-electron chi connectivity index (χ0n) is 13.6. The minimum Gasteiger partial charge on any atom is -0.310 e. The molecule has 24 heavy (non-hydrogen) atoms. The van der Waals surface area contributed by atoms with E-state index in [4.69, 9.17) is 0 Å². The normalized spacial score (nSPS) is 14.4. The number of rotatable bonds is 5. The number of aryl methyl sites for hydroxylation is 1. The molecular weight excluding hydrogens is 308 g/mol. The van der Waals surface area contributed by atoms with E-state index in [2.05, 4.69) is 14.9 Å². The van der Waals surface area contributed by atoms with Gasteiger partial charge in [-0.1, -0.05) is 25.1 Å². The lowest BCUT2D eigenvalue weighted by Crippen LogP contribution is -2.35. The van der Waals surface area contributed by atoms with E-state index in [0.717, 1.165) is 24.1 Å². The Morgan fingerprint density at radius 2 is 2.17 bits per heavy atom. The van der Waals surface area contributed by atoms with E-state index in [1.54, 1.807) is 12.1 Å². The van der Waals surface area contributed by atoms with Crippen molar-refractivity contribution in [1.29, 1.82) is 0 Å². The van der Waals surface area contributed by atoms with Gasteiger partial charge in [0.05, 0.1) is 10.6 Å². The number of hydrogen-bond donors (Lipinski definition) is 1. The Labute approximate surface area is 139 Å². The van der Waals surface area contributed by atoms with Crippen LogP contribution in [0.15, 0.2) is 29.1 Å². The summed E-state index contributed by atoms with van der Waals surface area (Å²) in [7, 11) is 0. The number of benzene rings is 1. The summed E-state index contributed by atoms with van der Waals surface area (Å²) in [6, 6.07) is 6.78. The molecule has 0 aliphatic carbocycles. The molecular formula is C17H20N4O3. The predicted octanol–water partition coefficient (Wildman–Crippen LogP) is 2.19. The molecule has 1 aromatic carbocycles. The number of hydrogen-bond acceptors (Lipinski definition) is 5. The fourth-order valence-corrected chi connectivity index (χ4v) is 3.10. The number of nitro groups is 1. The molecule has 0 radical (unpaired) electrons. The SMILES string of the molecule is CCCc1nc2c(c(=O)[nH]1)CCN(Cc1ccccc1[N+](=O)[O-])C2. The van der Waals surface area contributed by atoms with Crippen molar-refractivity contribution < 1.29 is 4.92 Å². The molecule has 1 N–H and O–H groups in total. The highest BCUT2D eigenvalue weighted by Crippen LogP contribution is 2.22. The lowest BCUT2D eigenvalue weighted by molar-refractivity contribution is -0.385. The van der Waals surface area contributed by atoms with Gasteiger partial charge in [0.15, 0.2) is 0 Å². The molecule has 1 aliphatic heterocycles. The van der Waals surface area contributed by atoms with Crippen LogP contribution in [0, 0.1) is 10.1 Å². The Balaban J connectivity index is 1.83. The smallest absolute Gasteiger partial charge is 0.273 e. The summed E-state index contributed by atoms with van der Waals surface area (Å²) in [5.41, 5.74) is 2.31. The minimum absolute atomic E-state index is 0.0474. The minimum atomic E-state index is -0.352. The Morgan fingerprint density at radius 3 is 2.92 bits per heavy atom. The van der Waals surface area contributed by atoms with Crippen molar-refractivity contribution in [1.82, 2.24) is 14.9 Å². The van der Waals surface area contributed by atoms with Gasteiger partial charge < -0.3 is 4.98 Å². The maximum absolute atomic E-state index is 12.2. The van der Waals surface area contributed by atoms with Gasteiger partial charge in [-0.2, -0.15) is 0 Å². The van der Waals surface area contributed by atoms with Crippen LogP contribution in [0.2, 0.25) is 0 Å². The van der Waals surface area contributed by atoms with Gasteiger partial charge in [0.1, 0.15) is 5.82 Å². The van der Waals surface area contributed by atoms with Gasteiger partial charge in [0.2, 0.25) is 0 Å². The van der Waals surface area contributed by atoms with Gasteiger partial charge in [-0.25, -0.2) is 4.98 Å². The van der Waals surface area contributed by atoms with E-state index < -0.39 is 0 Å². The van der Waals surface area contributed by atoms with Crippen LogP contribution in [0.4, 0.5) is 5.69 Å². The molecule has 7 nitrogen and oxygen atoms in total. The summed E-state index contributed by atoms with van der Waals surface area (Å²) in [5.74, 6) is 0.716. The molecule has 0 amide bonds. The molecule has 3 rings (SSSR count).